The average molecular weight is 189 g/mol. The van der Waals surface area contributed by atoms with Gasteiger partial charge < -0.3 is 15.2 Å². The molecule has 2 N–H and O–H groups in total. The molecule has 0 heterocycles. The first-order valence-electron chi connectivity index (χ1n) is 4.54. The maximum absolute atomic E-state index is 10.8. The fourth-order valence-electron chi connectivity index (χ4n) is 0.652. The van der Waals surface area contributed by atoms with Crippen LogP contribution >= 0.6 is 0 Å². The Balaban J connectivity index is 3.21. The lowest BCUT2D eigenvalue weighted by Crippen LogP contribution is -2.29. The molecule has 4 heteroatoms. The largest absolute Gasteiger partial charge is 0.462 e. The van der Waals surface area contributed by atoms with Gasteiger partial charge in [0.25, 0.3) is 0 Å². The summed E-state index contributed by atoms with van der Waals surface area (Å²) in [6, 6.07) is -0.551. The van der Waals surface area contributed by atoms with E-state index in [9.17, 15) is 4.79 Å². The van der Waals surface area contributed by atoms with Crippen molar-refractivity contribution < 1.29 is 14.3 Å². The molecule has 1 atom stereocenters. The van der Waals surface area contributed by atoms with E-state index in [1.807, 2.05) is 0 Å². The SMILES string of the molecule is CC(C)COCCOC(=O)[C@@H](C)N. The molecular formula is C9H19NO3. The van der Waals surface area contributed by atoms with E-state index in [2.05, 4.69) is 13.8 Å². The Morgan fingerprint density at radius 2 is 1.92 bits per heavy atom. The number of ether oxygens (including phenoxy) is 2. The van der Waals surface area contributed by atoms with E-state index in [4.69, 9.17) is 15.2 Å². The van der Waals surface area contributed by atoms with Crippen molar-refractivity contribution >= 4 is 5.97 Å². The van der Waals surface area contributed by atoms with E-state index < -0.39 is 6.04 Å². The van der Waals surface area contributed by atoms with Crippen LogP contribution in [0.2, 0.25) is 0 Å². The summed E-state index contributed by atoms with van der Waals surface area (Å²) in [4.78, 5) is 10.8. The maximum Gasteiger partial charge on any atom is 0.322 e. The highest BCUT2D eigenvalue weighted by Crippen LogP contribution is 1.92. The zero-order chi connectivity index (χ0) is 10.3. The van der Waals surface area contributed by atoms with Gasteiger partial charge in [0.1, 0.15) is 12.6 Å². The zero-order valence-electron chi connectivity index (χ0n) is 8.58. The van der Waals surface area contributed by atoms with E-state index in [0.29, 0.717) is 19.1 Å². The summed E-state index contributed by atoms with van der Waals surface area (Å²) in [6.07, 6.45) is 0. The van der Waals surface area contributed by atoms with Gasteiger partial charge in [0.15, 0.2) is 0 Å². The summed E-state index contributed by atoms with van der Waals surface area (Å²) < 4.78 is 10.0. The van der Waals surface area contributed by atoms with Crippen LogP contribution in [0.15, 0.2) is 0 Å². The summed E-state index contributed by atoms with van der Waals surface area (Å²) in [6.45, 7) is 7.14. The molecule has 0 saturated carbocycles. The summed E-state index contributed by atoms with van der Waals surface area (Å²) in [5.41, 5.74) is 5.28. The van der Waals surface area contributed by atoms with Gasteiger partial charge in [-0.05, 0) is 12.8 Å². The number of nitrogens with two attached hydrogens (primary N) is 1. The molecule has 0 aromatic heterocycles. The number of hydrogen-bond acceptors (Lipinski definition) is 4. The molecule has 78 valence electrons. The zero-order valence-corrected chi connectivity index (χ0v) is 8.58. The van der Waals surface area contributed by atoms with E-state index >= 15 is 0 Å². The summed E-state index contributed by atoms with van der Waals surface area (Å²) in [7, 11) is 0. The fourth-order valence-corrected chi connectivity index (χ4v) is 0.652. The van der Waals surface area contributed by atoms with Crippen LogP contribution in [0, 0.1) is 5.92 Å². The van der Waals surface area contributed by atoms with Crippen molar-refractivity contribution in [3.05, 3.63) is 0 Å². The molecule has 0 fully saturated rings. The molecule has 13 heavy (non-hydrogen) atoms. The first-order chi connectivity index (χ1) is 6.04. The van der Waals surface area contributed by atoms with Crippen LogP contribution in [0.4, 0.5) is 0 Å². The monoisotopic (exact) mass is 189 g/mol. The molecule has 4 nitrogen and oxygen atoms in total. The molecule has 0 saturated heterocycles. The smallest absolute Gasteiger partial charge is 0.322 e. The minimum atomic E-state index is -0.551. The van der Waals surface area contributed by atoms with Gasteiger partial charge in [-0.15, -0.1) is 0 Å². The second-order valence-corrected chi connectivity index (χ2v) is 3.42. The van der Waals surface area contributed by atoms with Gasteiger partial charge in [-0.3, -0.25) is 4.79 Å². The van der Waals surface area contributed by atoms with Crippen LogP contribution in [0.1, 0.15) is 20.8 Å². The molecule has 0 aromatic rings. The minimum absolute atomic E-state index is 0.285. The third kappa shape index (κ3) is 7.74. The highest BCUT2D eigenvalue weighted by molar-refractivity contribution is 5.74. The van der Waals surface area contributed by atoms with Gasteiger partial charge in [0.2, 0.25) is 0 Å². The molecule has 0 radical (unpaired) electrons. The Morgan fingerprint density at radius 1 is 1.31 bits per heavy atom. The second kappa shape index (κ2) is 6.86. The Kier molecular flexibility index (Phi) is 6.54. The van der Waals surface area contributed by atoms with E-state index in [1.54, 1.807) is 6.92 Å². The number of esters is 1. The number of hydrogen-bond donors (Lipinski definition) is 1. The van der Waals surface area contributed by atoms with Crippen LogP contribution in [0.25, 0.3) is 0 Å². The molecule has 0 unspecified atom stereocenters. The molecule has 0 amide bonds. The normalized spacial score (nSPS) is 13.0. The van der Waals surface area contributed by atoms with Crippen molar-refractivity contribution in [1.82, 2.24) is 0 Å². The third-order valence-corrected chi connectivity index (χ3v) is 1.29. The van der Waals surface area contributed by atoms with Crippen molar-refractivity contribution in [2.75, 3.05) is 19.8 Å². The minimum Gasteiger partial charge on any atom is -0.462 e. The molecule has 0 aliphatic heterocycles. The fraction of sp³-hybridized carbons (Fsp3) is 0.889. The second-order valence-electron chi connectivity index (χ2n) is 3.42. The Labute approximate surface area is 79.4 Å². The first kappa shape index (κ1) is 12.4. The summed E-state index contributed by atoms with van der Waals surface area (Å²) >= 11 is 0. The topological polar surface area (TPSA) is 61.5 Å². The highest BCUT2D eigenvalue weighted by atomic mass is 16.6. The van der Waals surface area contributed by atoms with Crippen LogP contribution in [0.5, 0.6) is 0 Å². The molecule has 0 bridgehead atoms. The standard InChI is InChI=1S/C9H19NO3/c1-7(2)6-12-4-5-13-9(11)8(3)10/h7-8H,4-6,10H2,1-3H3/t8-/m1/s1. The van der Waals surface area contributed by atoms with Crippen LogP contribution < -0.4 is 5.73 Å². The van der Waals surface area contributed by atoms with Crippen LogP contribution in [-0.4, -0.2) is 31.8 Å². The average Bonchev–Trinajstić information content (AvgIpc) is 2.02. The lowest BCUT2D eigenvalue weighted by molar-refractivity contribution is -0.146. The molecule has 0 aliphatic carbocycles. The van der Waals surface area contributed by atoms with Crippen molar-refractivity contribution in [3.63, 3.8) is 0 Å². The number of rotatable bonds is 6. The predicted molar refractivity (Wildman–Crippen MR) is 50.3 cm³/mol. The van der Waals surface area contributed by atoms with Gasteiger partial charge in [-0.2, -0.15) is 0 Å². The van der Waals surface area contributed by atoms with Gasteiger partial charge in [-0.1, -0.05) is 13.8 Å². The van der Waals surface area contributed by atoms with Gasteiger partial charge in [0.05, 0.1) is 6.61 Å². The van der Waals surface area contributed by atoms with Crippen LogP contribution in [0.3, 0.4) is 0 Å². The Hall–Kier alpha value is -0.610. The summed E-state index contributed by atoms with van der Waals surface area (Å²) in [5, 5.41) is 0. The predicted octanol–water partition coefficient (Wildman–Crippen LogP) is 0.549. The Bertz CT molecular complexity index is 146. The van der Waals surface area contributed by atoms with Crippen molar-refractivity contribution in [1.29, 1.82) is 0 Å². The molecule has 0 aromatic carbocycles. The van der Waals surface area contributed by atoms with E-state index in [1.165, 1.54) is 0 Å². The van der Waals surface area contributed by atoms with Crippen molar-refractivity contribution in [2.24, 2.45) is 11.7 Å². The van der Waals surface area contributed by atoms with Gasteiger partial charge in [-0.25, -0.2) is 0 Å². The van der Waals surface area contributed by atoms with Crippen molar-refractivity contribution in [2.45, 2.75) is 26.8 Å². The van der Waals surface area contributed by atoms with Crippen molar-refractivity contribution in [3.8, 4) is 0 Å². The third-order valence-electron chi connectivity index (χ3n) is 1.29. The molecule has 0 spiro atoms. The molecular weight excluding hydrogens is 170 g/mol. The highest BCUT2D eigenvalue weighted by Gasteiger charge is 2.07. The molecule has 0 rings (SSSR count). The van der Waals surface area contributed by atoms with Gasteiger partial charge in [0, 0.05) is 6.61 Å². The first-order valence-corrected chi connectivity index (χ1v) is 4.54. The summed E-state index contributed by atoms with van der Waals surface area (Å²) in [5.74, 6) is 0.122. The number of carbonyl (C=O) groups excluding carboxylic acids is 1. The van der Waals surface area contributed by atoms with E-state index in [0.717, 1.165) is 0 Å². The quantitative estimate of drug-likeness (QED) is 0.489. The lowest BCUT2D eigenvalue weighted by atomic mass is 10.2. The lowest BCUT2D eigenvalue weighted by Gasteiger charge is -2.08. The Morgan fingerprint density at radius 3 is 2.38 bits per heavy atom. The van der Waals surface area contributed by atoms with Crippen LogP contribution in [-0.2, 0) is 14.3 Å². The van der Waals surface area contributed by atoms with Gasteiger partial charge >= 0.3 is 5.97 Å². The maximum atomic E-state index is 10.8. The molecule has 0 aliphatic rings. The number of carbonyl (C=O) groups is 1. The van der Waals surface area contributed by atoms with E-state index in [-0.39, 0.29) is 12.6 Å².